The van der Waals surface area contributed by atoms with E-state index in [0.29, 0.717) is 10.6 Å². The summed E-state index contributed by atoms with van der Waals surface area (Å²) in [4.78, 5) is 0.694. The first kappa shape index (κ1) is 9.74. The Morgan fingerprint density at radius 3 is 2.71 bits per heavy atom. The molecule has 0 saturated heterocycles. The molecule has 0 aliphatic carbocycles. The van der Waals surface area contributed by atoms with Gasteiger partial charge in [0.05, 0.1) is 9.89 Å². The zero-order chi connectivity index (χ0) is 10.5. The van der Waals surface area contributed by atoms with E-state index in [9.17, 15) is 5.11 Å². The first-order valence-electron chi connectivity index (χ1n) is 4.18. The number of phenols is 1. The van der Waals surface area contributed by atoms with Gasteiger partial charge in [-0.15, -0.1) is 0 Å². The Hall–Kier alpha value is -0.800. The first-order valence-corrected chi connectivity index (χ1v) is 4.97. The lowest BCUT2D eigenvalue weighted by molar-refractivity contribution is 0.200. The van der Waals surface area contributed by atoms with Crippen LogP contribution in [0, 0.1) is 0 Å². The summed E-state index contributed by atoms with van der Waals surface area (Å²) >= 11 is 11.0. The van der Waals surface area contributed by atoms with Crippen LogP contribution in [0.3, 0.4) is 0 Å². The lowest BCUT2D eigenvalue weighted by Gasteiger charge is -2.17. The molecule has 0 bridgehead atoms. The van der Waals surface area contributed by atoms with E-state index in [1.54, 1.807) is 12.1 Å². The fraction of sp³-hybridized carbons (Fsp3) is 0.300. The van der Waals surface area contributed by atoms with Crippen LogP contribution in [0.15, 0.2) is 12.1 Å². The van der Waals surface area contributed by atoms with Crippen LogP contribution in [0.25, 0.3) is 0 Å². The Balaban J connectivity index is 2.61. The monoisotopic (exact) mass is 228 g/mol. The van der Waals surface area contributed by atoms with Crippen molar-refractivity contribution in [3.63, 3.8) is 0 Å². The van der Waals surface area contributed by atoms with E-state index in [1.165, 1.54) is 0 Å². The van der Waals surface area contributed by atoms with Gasteiger partial charge in [0.15, 0.2) is 0 Å². The Labute approximate surface area is 92.5 Å². The summed E-state index contributed by atoms with van der Waals surface area (Å²) in [6.07, 6.45) is 0. The maximum Gasteiger partial charge on any atom is 0.139 e. The topological polar surface area (TPSA) is 29.5 Å². The summed E-state index contributed by atoms with van der Waals surface area (Å²) in [5.41, 5.74) is 0.265. The third-order valence-corrected chi connectivity index (χ3v) is 3.22. The molecule has 2 rings (SSSR count). The second-order valence-corrected chi connectivity index (χ2v) is 4.56. The van der Waals surface area contributed by atoms with Gasteiger partial charge in [0, 0.05) is 11.6 Å². The molecule has 1 N–H and O–H groups in total. The van der Waals surface area contributed by atoms with Crippen molar-refractivity contribution in [3.8, 4) is 11.5 Å². The van der Waals surface area contributed by atoms with E-state index in [4.69, 9.17) is 28.6 Å². The fourth-order valence-corrected chi connectivity index (χ4v) is 1.81. The predicted molar refractivity (Wildman–Crippen MR) is 59.5 cm³/mol. The molecule has 0 fully saturated rings. The second-order valence-electron chi connectivity index (χ2n) is 3.74. The summed E-state index contributed by atoms with van der Waals surface area (Å²) in [6, 6.07) is 3.14. The quantitative estimate of drug-likeness (QED) is 0.693. The molecule has 1 heterocycles. The van der Waals surface area contributed by atoms with Gasteiger partial charge in [0.1, 0.15) is 17.1 Å². The van der Waals surface area contributed by atoms with Crippen molar-refractivity contribution in [2.24, 2.45) is 0 Å². The van der Waals surface area contributed by atoms with E-state index in [2.05, 4.69) is 0 Å². The summed E-state index contributed by atoms with van der Waals surface area (Å²) in [5.74, 6) is 0.678. The minimum absolute atomic E-state index is 0.0362. The average molecular weight is 229 g/mol. The highest BCUT2D eigenvalue weighted by Crippen LogP contribution is 2.40. The number of aromatic hydroxyl groups is 1. The number of hydrogen-bond donors (Lipinski definition) is 1. The molecule has 14 heavy (non-hydrogen) atoms. The van der Waals surface area contributed by atoms with Gasteiger partial charge in [-0.25, -0.2) is 0 Å². The van der Waals surface area contributed by atoms with Crippen molar-refractivity contribution < 1.29 is 9.84 Å². The molecule has 0 spiro atoms. The molecule has 0 radical (unpaired) electrons. The minimum atomic E-state index is -0.491. The number of halogens is 1. The first-order chi connectivity index (χ1) is 6.42. The number of benzene rings is 1. The van der Waals surface area contributed by atoms with E-state index in [0.717, 1.165) is 5.56 Å². The molecule has 0 atom stereocenters. The van der Waals surface area contributed by atoms with Crippen molar-refractivity contribution in [3.05, 3.63) is 22.7 Å². The molecule has 1 aromatic carbocycles. The molecule has 1 aliphatic rings. The average Bonchev–Trinajstić information content (AvgIpc) is 2.28. The number of phenolic OH excluding ortho intramolecular Hbond substituents is 1. The number of thiocarbonyl (C=S) groups is 1. The standard InChI is InChI=1S/C10H9ClO2S/c1-10(2)9(14)5-3-7(12)6(11)4-8(5)13-10/h3-4,12H,1-2H3. The van der Waals surface area contributed by atoms with Crippen molar-refractivity contribution in [1.82, 2.24) is 0 Å². The summed E-state index contributed by atoms with van der Waals surface area (Å²) in [7, 11) is 0. The molecule has 2 nitrogen and oxygen atoms in total. The van der Waals surface area contributed by atoms with Crippen LogP contribution < -0.4 is 4.74 Å². The van der Waals surface area contributed by atoms with Crippen LogP contribution in [-0.2, 0) is 0 Å². The largest absolute Gasteiger partial charge is 0.506 e. The Morgan fingerprint density at radius 1 is 1.43 bits per heavy atom. The van der Waals surface area contributed by atoms with E-state index >= 15 is 0 Å². The lowest BCUT2D eigenvalue weighted by atomic mass is 10.0. The van der Waals surface area contributed by atoms with Crippen LogP contribution in [-0.4, -0.2) is 15.6 Å². The van der Waals surface area contributed by atoms with Gasteiger partial charge < -0.3 is 9.84 Å². The smallest absolute Gasteiger partial charge is 0.139 e. The zero-order valence-electron chi connectivity index (χ0n) is 7.80. The van der Waals surface area contributed by atoms with Crippen LogP contribution in [0.4, 0.5) is 0 Å². The van der Waals surface area contributed by atoms with Crippen molar-refractivity contribution in [1.29, 1.82) is 0 Å². The van der Waals surface area contributed by atoms with Gasteiger partial charge in [0.25, 0.3) is 0 Å². The number of ether oxygens (including phenoxy) is 1. The highest BCUT2D eigenvalue weighted by Gasteiger charge is 2.36. The van der Waals surface area contributed by atoms with Crippen molar-refractivity contribution in [2.45, 2.75) is 19.4 Å². The van der Waals surface area contributed by atoms with Gasteiger partial charge in [-0.3, -0.25) is 0 Å². The van der Waals surface area contributed by atoms with Gasteiger partial charge >= 0.3 is 0 Å². The molecule has 0 saturated carbocycles. The lowest BCUT2D eigenvalue weighted by Crippen LogP contribution is -2.31. The number of rotatable bonds is 0. The molecule has 4 heteroatoms. The van der Waals surface area contributed by atoms with Crippen molar-refractivity contribution >= 4 is 28.7 Å². The molecular formula is C10H9ClO2S. The fourth-order valence-electron chi connectivity index (χ4n) is 1.45. The number of fused-ring (bicyclic) bond motifs is 1. The molecule has 74 valence electrons. The predicted octanol–water partition coefficient (Wildman–Crippen LogP) is 2.93. The maximum atomic E-state index is 9.42. The molecule has 0 unspecified atom stereocenters. The zero-order valence-corrected chi connectivity index (χ0v) is 9.37. The molecule has 0 amide bonds. The Kier molecular flexibility index (Phi) is 1.98. The van der Waals surface area contributed by atoms with Gasteiger partial charge in [-0.2, -0.15) is 0 Å². The SMILES string of the molecule is CC1(C)Oc2cc(Cl)c(O)cc2C1=S. The molecule has 0 aromatic heterocycles. The Bertz CT molecular complexity index is 426. The highest BCUT2D eigenvalue weighted by atomic mass is 35.5. The van der Waals surface area contributed by atoms with Crippen LogP contribution in [0.1, 0.15) is 19.4 Å². The Morgan fingerprint density at radius 2 is 2.07 bits per heavy atom. The molecule has 1 aliphatic heterocycles. The van der Waals surface area contributed by atoms with Crippen LogP contribution in [0.2, 0.25) is 5.02 Å². The summed E-state index contributed by atoms with van der Waals surface area (Å²) < 4.78 is 5.61. The summed E-state index contributed by atoms with van der Waals surface area (Å²) in [5, 5.41) is 9.71. The third kappa shape index (κ3) is 1.28. The third-order valence-electron chi connectivity index (χ3n) is 2.21. The van der Waals surface area contributed by atoms with E-state index in [-0.39, 0.29) is 10.8 Å². The van der Waals surface area contributed by atoms with Crippen LogP contribution in [0.5, 0.6) is 11.5 Å². The number of hydrogen-bond acceptors (Lipinski definition) is 3. The van der Waals surface area contributed by atoms with E-state index < -0.39 is 5.60 Å². The molecule has 1 aromatic rings. The van der Waals surface area contributed by atoms with Gasteiger partial charge in [-0.1, -0.05) is 23.8 Å². The van der Waals surface area contributed by atoms with Gasteiger partial charge in [0.2, 0.25) is 0 Å². The second kappa shape index (κ2) is 2.84. The molecular weight excluding hydrogens is 220 g/mol. The summed E-state index contributed by atoms with van der Waals surface area (Å²) in [6.45, 7) is 3.78. The van der Waals surface area contributed by atoms with E-state index in [1.807, 2.05) is 13.8 Å². The van der Waals surface area contributed by atoms with Crippen LogP contribution >= 0.6 is 23.8 Å². The van der Waals surface area contributed by atoms with Gasteiger partial charge in [-0.05, 0) is 19.9 Å². The normalized spacial score (nSPS) is 17.8. The van der Waals surface area contributed by atoms with Crippen molar-refractivity contribution in [2.75, 3.05) is 0 Å². The highest BCUT2D eigenvalue weighted by molar-refractivity contribution is 7.81. The minimum Gasteiger partial charge on any atom is -0.506 e. The maximum absolute atomic E-state index is 9.42.